The molecule has 14 heteroatoms. The summed E-state index contributed by atoms with van der Waals surface area (Å²) in [5.74, 6) is -0.657. The smallest absolute Gasteiger partial charge is 0.410 e. The van der Waals surface area contributed by atoms with Crippen molar-refractivity contribution in [2.75, 3.05) is 65.9 Å². The van der Waals surface area contributed by atoms with Crippen molar-refractivity contribution in [2.24, 2.45) is 0 Å². The number of rotatable bonds is 21. The van der Waals surface area contributed by atoms with Gasteiger partial charge in [0, 0.05) is 36.3 Å². The number of aromatic nitrogens is 2. The Morgan fingerprint density at radius 3 is 1.33 bits per heavy atom. The molecule has 2 heterocycles. The Hall–Kier alpha value is -6.61. The number of ether oxygens (including phenoxy) is 6. The first-order valence-electron chi connectivity index (χ1n) is 19.9. The van der Waals surface area contributed by atoms with Crippen LogP contribution in [-0.2, 0) is 18.9 Å². The molecular weight excluding hydrogens is 783 g/mol. The first-order valence-corrected chi connectivity index (χ1v) is 19.9. The lowest BCUT2D eigenvalue weighted by atomic mass is 10.0. The SMILES string of the molecule is CC(C)(C)OC(=O)N(CCOCCOCCOc1ccc(-c2ccc3nccc(C(=O)O)c3c2)cc1)CCOCCOc1ccc(-c2ccc3nccc(C(=O)O)c3c2)cc1. The first kappa shape index (κ1) is 44.0. The van der Waals surface area contributed by atoms with Crippen molar-refractivity contribution < 1.29 is 53.0 Å². The molecule has 6 aromatic rings. The number of aromatic carboxylic acids is 2. The van der Waals surface area contributed by atoms with Gasteiger partial charge >= 0.3 is 18.0 Å². The zero-order chi connectivity index (χ0) is 43.2. The van der Waals surface area contributed by atoms with Gasteiger partial charge < -0.3 is 43.5 Å². The van der Waals surface area contributed by atoms with Crippen LogP contribution >= 0.6 is 0 Å². The molecule has 0 saturated carbocycles. The highest BCUT2D eigenvalue weighted by Gasteiger charge is 2.22. The molecule has 14 nitrogen and oxygen atoms in total. The van der Waals surface area contributed by atoms with E-state index in [0.29, 0.717) is 86.0 Å². The summed E-state index contributed by atoms with van der Waals surface area (Å²) in [6.45, 7) is 8.61. The Labute approximate surface area is 353 Å². The van der Waals surface area contributed by atoms with E-state index in [0.717, 1.165) is 22.3 Å². The second-order valence-corrected chi connectivity index (χ2v) is 14.8. The minimum absolute atomic E-state index is 0.204. The molecule has 0 radical (unpaired) electrons. The molecule has 0 atom stereocenters. The number of hydrogen-bond acceptors (Lipinski definition) is 11. The van der Waals surface area contributed by atoms with E-state index in [1.807, 2.05) is 106 Å². The zero-order valence-electron chi connectivity index (χ0n) is 34.4. The molecule has 0 unspecified atom stereocenters. The Bertz CT molecular complexity index is 2420. The number of benzene rings is 4. The number of carboxylic acid groups (broad SMARTS) is 2. The minimum Gasteiger partial charge on any atom is -0.491 e. The second-order valence-electron chi connectivity index (χ2n) is 14.8. The highest BCUT2D eigenvalue weighted by molar-refractivity contribution is 6.04. The molecule has 0 aliphatic rings. The van der Waals surface area contributed by atoms with Gasteiger partial charge in [-0.1, -0.05) is 36.4 Å². The summed E-state index contributed by atoms with van der Waals surface area (Å²) < 4.78 is 34.4. The van der Waals surface area contributed by atoms with Gasteiger partial charge in [-0.2, -0.15) is 0 Å². The van der Waals surface area contributed by atoms with E-state index in [1.54, 1.807) is 4.90 Å². The minimum atomic E-state index is -1.00. The lowest BCUT2D eigenvalue weighted by Crippen LogP contribution is -2.40. The largest absolute Gasteiger partial charge is 0.491 e. The van der Waals surface area contributed by atoms with Crippen molar-refractivity contribution in [3.63, 3.8) is 0 Å². The van der Waals surface area contributed by atoms with Crippen LogP contribution < -0.4 is 9.47 Å². The number of carboxylic acids is 2. The average Bonchev–Trinajstić information content (AvgIpc) is 3.25. The third kappa shape index (κ3) is 12.7. The summed E-state index contributed by atoms with van der Waals surface area (Å²) in [7, 11) is 0. The molecule has 0 saturated heterocycles. The third-order valence-electron chi connectivity index (χ3n) is 9.35. The van der Waals surface area contributed by atoms with E-state index in [9.17, 15) is 24.6 Å². The first-order chi connectivity index (χ1) is 29.4. The van der Waals surface area contributed by atoms with Crippen LogP contribution in [0.5, 0.6) is 11.5 Å². The van der Waals surface area contributed by atoms with E-state index < -0.39 is 23.6 Å². The molecule has 2 aromatic heterocycles. The number of nitrogens with zero attached hydrogens (tertiary/aromatic N) is 3. The van der Waals surface area contributed by atoms with E-state index in [-0.39, 0.29) is 24.3 Å². The van der Waals surface area contributed by atoms with Crippen LogP contribution in [-0.4, -0.2) is 115 Å². The Morgan fingerprint density at radius 1 is 0.525 bits per heavy atom. The molecule has 0 bridgehead atoms. The molecular formula is C47H49N3O11. The summed E-state index contributed by atoms with van der Waals surface area (Å²) in [5.41, 5.74) is 4.57. The number of fused-ring (bicyclic) bond motifs is 2. The zero-order valence-corrected chi connectivity index (χ0v) is 34.4. The average molecular weight is 832 g/mol. The summed E-state index contributed by atoms with van der Waals surface area (Å²) in [6.07, 6.45) is 2.53. The Balaban J connectivity index is 0.855. The summed E-state index contributed by atoms with van der Waals surface area (Å²) in [6, 6.07) is 29.1. The maximum atomic E-state index is 12.9. The maximum absolute atomic E-state index is 12.9. The fourth-order valence-electron chi connectivity index (χ4n) is 6.34. The van der Waals surface area contributed by atoms with Crippen LogP contribution in [0.1, 0.15) is 41.5 Å². The van der Waals surface area contributed by atoms with Crippen LogP contribution in [0.2, 0.25) is 0 Å². The van der Waals surface area contributed by atoms with Gasteiger partial charge in [0.2, 0.25) is 0 Å². The number of carbonyl (C=O) groups excluding carboxylic acids is 1. The van der Waals surface area contributed by atoms with Crippen molar-refractivity contribution in [3.05, 3.63) is 121 Å². The maximum Gasteiger partial charge on any atom is 0.410 e. The Morgan fingerprint density at radius 2 is 0.918 bits per heavy atom. The molecule has 61 heavy (non-hydrogen) atoms. The van der Waals surface area contributed by atoms with Crippen molar-refractivity contribution in [1.29, 1.82) is 0 Å². The third-order valence-corrected chi connectivity index (χ3v) is 9.35. The topological polar surface area (TPSA) is 176 Å². The molecule has 6 rings (SSSR count). The molecule has 0 aliphatic carbocycles. The summed E-state index contributed by atoms with van der Waals surface area (Å²) in [4.78, 5) is 46.3. The van der Waals surface area contributed by atoms with Gasteiger partial charge in [0.05, 0.1) is 61.8 Å². The lowest BCUT2D eigenvalue weighted by molar-refractivity contribution is 0.00132. The summed E-state index contributed by atoms with van der Waals surface area (Å²) in [5, 5.41) is 20.3. The lowest BCUT2D eigenvalue weighted by Gasteiger charge is -2.27. The monoisotopic (exact) mass is 831 g/mol. The van der Waals surface area contributed by atoms with Gasteiger partial charge in [0.1, 0.15) is 30.3 Å². The van der Waals surface area contributed by atoms with E-state index in [4.69, 9.17) is 28.4 Å². The second kappa shape index (κ2) is 21.1. The molecule has 0 fully saturated rings. The summed E-state index contributed by atoms with van der Waals surface area (Å²) >= 11 is 0. The van der Waals surface area contributed by atoms with Crippen LogP contribution in [0.25, 0.3) is 44.1 Å². The molecule has 318 valence electrons. The van der Waals surface area contributed by atoms with Crippen LogP contribution in [0, 0.1) is 0 Å². The predicted octanol–water partition coefficient (Wildman–Crippen LogP) is 8.26. The number of carbonyl (C=O) groups is 3. The van der Waals surface area contributed by atoms with Crippen LogP contribution in [0.15, 0.2) is 109 Å². The number of pyridine rings is 2. The van der Waals surface area contributed by atoms with Gasteiger partial charge in [0.15, 0.2) is 0 Å². The standard InChI is InChI=1S/C47H49N3O11/c1-47(2,3)61-46(55)50(21-23-57-26-28-59-36-10-4-32(5-11-36)34-8-14-42-40(30-34)38(44(51)52)16-18-48-42)20-22-56-24-25-58-27-29-60-37-12-6-33(7-13-37)35-9-15-43-41(31-35)39(45(53)54)17-19-49-43/h4-19,30-31H,20-29H2,1-3H3,(H,51,52)(H,53,54). The Kier molecular flexibility index (Phi) is 15.2. The number of amides is 1. The van der Waals surface area contributed by atoms with Gasteiger partial charge in [-0.3, -0.25) is 9.97 Å². The molecule has 0 aliphatic heterocycles. The van der Waals surface area contributed by atoms with Crippen molar-refractivity contribution in [2.45, 2.75) is 26.4 Å². The van der Waals surface area contributed by atoms with Crippen LogP contribution in [0.3, 0.4) is 0 Å². The van der Waals surface area contributed by atoms with Gasteiger partial charge in [-0.15, -0.1) is 0 Å². The predicted molar refractivity (Wildman–Crippen MR) is 230 cm³/mol. The van der Waals surface area contributed by atoms with Crippen molar-refractivity contribution in [3.8, 4) is 33.8 Å². The molecule has 2 N–H and O–H groups in total. The normalized spacial score (nSPS) is 11.4. The van der Waals surface area contributed by atoms with Crippen molar-refractivity contribution >= 4 is 39.8 Å². The van der Waals surface area contributed by atoms with Gasteiger partial charge in [-0.05, 0) is 104 Å². The van der Waals surface area contributed by atoms with Crippen LogP contribution in [0.4, 0.5) is 4.79 Å². The molecule has 4 aromatic carbocycles. The van der Waals surface area contributed by atoms with E-state index in [2.05, 4.69) is 9.97 Å². The fraction of sp³-hybridized carbons (Fsp3) is 0.298. The quantitative estimate of drug-likeness (QED) is 0.0664. The van der Waals surface area contributed by atoms with Gasteiger partial charge in [0.25, 0.3) is 0 Å². The highest BCUT2D eigenvalue weighted by atomic mass is 16.6. The highest BCUT2D eigenvalue weighted by Crippen LogP contribution is 2.29. The molecule has 1 amide bonds. The number of hydrogen-bond donors (Lipinski definition) is 2. The van der Waals surface area contributed by atoms with Gasteiger partial charge in [-0.25, -0.2) is 14.4 Å². The van der Waals surface area contributed by atoms with E-state index >= 15 is 0 Å². The fourth-order valence-corrected chi connectivity index (χ4v) is 6.34. The van der Waals surface area contributed by atoms with E-state index in [1.165, 1.54) is 24.5 Å². The molecule has 0 spiro atoms. The van der Waals surface area contributed by atoms with Crippen molar-refractivity contribution in [1.82, 2.24) is 14.9 Å².